The van der Waals surface area contributed by atoms with E-state index >= 15 is 0 Å². The minimum absolute atomic E-state index is 0.643. The molecule has 0 N–H and O–H groups in total. The number of piperazine rings is 1. The quantitative estimate of drug-likeness (QED) is 0.850. The molecular formula is C16H26N4O. The van der Waals surface area contributed by atoms with Crippen LogP contribution in [0.15, 0.2) is 12.4 Å². The third-order valence-electron chi connectivity index (χ3n) is 4.77. The molecule has 0 unspecified atom stereocenters. The van der Waals surface area contributed by atoms with E-state index in [4.69, 9.17) is 4.74 Å². The molecule has 0 amide bonds. The lowest BCUT2D eigenvalue weighted by Gasteiger charge is -2.37. The highest BCUT2D eigenvalue weighted by Crippen LogP contribution is 2.25. The molecule has 0 bridgehead atoms. The average molecular weight is 290 g/mol. The second kappa shape index (κ2) is 7.07. The van der Waals surface area contributed by atoms with E-state index in [1.54, 1.807) is 13.4 Å². The lowest BCUT2D eigenvalue weighted by Crippen LogP contribution is -2.48. The lowest BCUT2D eigenvalue weighted by molar-refractivity contribution is 0.191. The molecule has 21 heavy (non-hydrogen) atoms. The normalized spacial score (nSPS) is 21.5. The summed E-state index contributed by atoms with van der Waals surface area (Å²) in [7, 11) is 1.65. The maximum absolute atomic E-state index is 5.18. The van der Waals surface area contributed by atoms with Crippen LogP contribution in [0, 0.1) is 5.92 Å². The largest absolute Gasteiger partial charge is 0.481 e. The van der Waals surface area contributed by atoms with Crippen molar-refractivity contribution >= 4 is 5.82 Å². The zero-order valence-electron chi connectivity index (χ0n) is 13.0. The molecule has 5 heteroatoms. The van der Waals surface area contributed by atoms with Crippen molar-refractivity contribution in [2.24, 2.45) is 5.92 Å². The number of hydrogen-bond donors (Lipinski definition) is 0. The third kappa shape index (κ3) is 3.84. The van der Waals surface area contributed by atoms with E-state index in [2.05, 4.69) is 19.8 Å². The summed E-state index contributed by atoms with van der Waals surface area (Å²) in [5.41, 5.74) is 0. The second-order valence-electron chi connectivity index (χ2n) is 6.21. The fraction of sp³-hybridized carbons (Fsp3) is 0.750. The Bertz CT molecular complexity index is 440. The zero-order valence-corrected chi connectivity index (χ0v) is 13.0. The predicted octanol–water partition coefficient (Wildman–Crippen LogP) is 2.19. The first-order chi connectivity index (χ1) is 10.3. The first-order valence-electron chi connectivity index (χ1n) is 8.18. The van der Waals surface area contributed by atoms with Crippen molar-refractivity contribution in [3.63, 3.8) is 0 Å². The van der Waals surface area contributed by atoms with E-state index in [-0.39, 0.29) is 0 Å². The Kier molecular flexibility index (Phi) is 4.91. The fourth-order valence-corrected chi connectivity index (χ4v) is 3.51. The first-order valence-corrected chi connectivity index (χ1v) is 8.18. The minimum atomic E-state index is 0.643. The van der Waals surface area contributed by atoms with E-state index in [9.17, 15) is 0 Å². The van der Waals surface area contributed by atoms with Gasteiger partial charge in [-0.2, -0.15) is 0 Å². The van der Waals surface area contributed by atoms with Crippen molar-refractivity contribution in [2.45, 2.75) is 32.1 Å². The molecule has 1 saturated heterocycles. The van der Waals surface area contributed by atoms with Gasteiger partial charge in [0.25, 0.3) is 0 Å². The van der Waals surface area contributed by atoms with Crippen molar-refractivity contribution in [3.8, 4) is 5.88 Å². The van der Waals surface area contributed by atoms with Crippen molar-refractivity contribution in [1.29, 1.82) is 0 Å². The topological polar surface area (TPSA) is 41.5 Å². The summed E-state index contributed by atoms with van der Waals surface area (Å²) >= 11 is 0. The fourth-order valence-electron chi connectivity index (χ4n) is 3.51. The van der Waals surface area contributed by atoms with Gasteiger partial charge >= 0.3 is 0 Å². The molecule has 1 aliphatic carbocycles. The van der Waals surface area contributed by atoms with Crippen LogP contribution in [0.5, 0.6) is 5.88 Å². The van der Waals surface area contributed by atoms with E-state index in [1.165, 1.54) is 38.6 Å². The van der Waals surface area contributed by atoms with Crippen LogP contribution in [-0.4, -0.2) is 54.7 Å². The summed E-state index contributed by atoms with van der Waals surface area (Å²) in [5, 5.41) is 0. The van der Waals surface area contributed by atoms with Gasteiger partial charge < -0.3 is 9.64 Å². The summed E-state index contributed by atoms with van der Waals surface area (Å²) in [6.45, 7) is 5.67. The van der Waals surface area contributed by atoms with Crippen LogP contribution in [0.3, 0.4) is 0 Å². The Balaban J connectivity index is 1.50. The zero-order chi connectivity index (χ0) is 14.5. The Labute approximate surface area is 127 Å². The first kappa shape index (κ1) is 14.6. The molecule has 2 aliphatic rings. The van der Waals surface area contributed by atoms with Crippen molar-refractivity contribution < 1.29 is 4.74 Å². The van der Waals surface area contributed by atoms with Gasteiger partial charge in [0.05, 0.1) is 7.11 Å². The summed E-state index contributed by atoms with van der Waals surface area (Å²) in [6.07, 6.45) is 8.77. The van der Waals surface area contributed by atoms with Gasteiger partial charge in [-0.1, -0.05) is 19.3 Å². The van der Waals surface area contributed by atoms with Crippen LogP contribution in [0.4, 0.5) is 5.82 Å². The number of anilines is 1. The third-order valence-corrected chi connectivity index (χ3v) is 4.77. The maximum atomic E-state index is 5.18. The van der Waals surface area contributed by atoms with Crippen LogP contribution in [0.25, 0.3) is 0 Å². The van der Waals surface area contributed by atoms with Gasteiger partial charge in [0.2, 0.25) is 5.88 Å². The van der Waals surface area contributed by atoms with Crippen LogP contribution in [0.1, 0.15) is 32.1 Å². The number of nitrogens with zero attached hydrogens (tertiary/aromatic N) is 4. The molecule has 0 aromatic carbocycles. The molecule has 1 aromatic heterocycles. The highest BCUT2D eigenvalue weighted by atomic mass is 16.5. The van der Waals surface area contributed by atoms with E-state index in [0.717, 1.165) is 37.9 Å². The smallest absolute Gasteiger partial charge is 0.218 e. The molecule has 5 nitrogen and oxygen atoms in total. The molecule has 0 radical (unpaired) electrons. The molecule has 1 saturated carbocycles. The molecule has 1 aromatic rings. The number of hydrogen-bond acceptors (Lipinski definition) is 5. The van der Waals surface area contributed by atoms with Gasteiger partial charge in [0, 0.05) is 38.8 Å². The van der Waals surface area contributed by atoms with Crippen molar-refractivity contribution in [1.82, 2.24) is 14.9 Å². The highest BCUT2D eigenvalue weighted by Gasteiger charge is 2.22. The van der Waals surface area contributed by atoms with Crippen LogP contribution < -0.4 is 9.64 Å². The average Bonchev–Trinajstić information content (AvgIpc) is 2.56. The van der Waals surface area contributed by atoms with Gasteiger partial charge in [-0.25, -0.2) is 9.97 Å². The number of aromatic nitrogens is 2. The Hall–Kier alpha value is -1.36. The summed E-state index contributed by atoms with van der Waals surface area (Å²) < 4.78 is 5.18. The summed E-state index contributed by atoms with van der Waals surface area (Å²) in [6, 6.07) is 1.93. The van der Waals surface area contributed by atoms with Gasteiger partial charge in [-0.3, -0.25) is 4.90 Å². The van der Waals surface area contributed by atoms with Gasteiger partial charge in [0.15, 0.2) is 0 Å². The minimum Gasteiger partial charge on any atom is -0.481 e. The van der Waals surface area contributed by atoms with Crippen LogP contribution in [-0.2, 0) is 0 Å². The molecule has 3 rings (SSSR count). The molecule has 0 spiro atoms. The standard InChI is InChI=1S/C16H26N4O/c1-21-16-11-15(17-13-18-16)20-9-7-19(8-10-20)12-14-5-3-2-4-6-14/h11,13-14H,2-10,12H2,1H3. The molecule has 1 aliphatic heterocycles. The monoisotopic (exact) mass is 290 g/mol. The van der Waals surface area contributed by atoms with E-state index < -0.39 is 0 Å². The molecule has 0 atom stereocenters. The lowest BCUT2D eigenvalue weighted by atomic mass is 9.89. The Morgan fingerprint density at radius 3 is 2.57 bits per heavy atom. The molecule has 116 valence electrons. The Morgan fingerprint density at radius 2 is 1.86 bits per heavy atom. The number of methoxy groups -OCH3 is 1. The SMILES string of the molecule is COc1cc(N2CCN(CC3CCCCC3)CC2)ncn1. The summed E-state index contributed by atoms with van der Waals surface area (Å²) in [5.74, 6) is 2.56. The number of rotatable bonds is 4. The van der Waals surface area contributed by atoms with Gasteiger partial charge in [-0.15, -0.1) is 0 Å². The molecular weight excluding hydrogens is 264 g/mol. The van der Waals surface area contributed by atoms with Crippen LogP contribution >= 0.6 is 0 Å². The van der Waals surface area contributed by atoms with Crippen molar-refractivity contribution in [3.05, 3.63) is 12.4 Å². The van der Waals surface area contributed by atoms with Gasteiger partial charge in [0.1, 0.15) is 12.1 Å². The second-order valence-corrected chi connectivity index (χ2v) is 6.21. The van der Waals surface area contributed by atoms with Gasteiger partial charge in [-0.05, 0) is 18.8 Å². The Morgan fingerprint density at radius 1 is 1.10 bits per heavy atom. The number of ether oxygens (including phenoxy) is 1. The van der Waals surface area contributed by atoms with E-state index in [1.807, 2.05) is 6.07 Å². The molecule has 2 fully saturated rings. The predicted molar refractivity (Wildman–Crippen MR) is 83.8 cm³/mol. The van der Waals surface area contributed by atoms with Crippen LogP contribution in [0.2, 0.25) is 0 Å². The highest BCUT2D eigenvalue weighted by molar-refractivity contribution is 5.41. The van der Waals surface area contributed by atoms with E-state index in [0.29, 0.717) is 5.88 Å². The maximum Gasteiger partial charge on any atom is 0.218 e. The van der Waals surface area contributed by atoms with Crippen molar-refractivity contribution in [2.75, 3.05) is 44.7 Å². The summed E-state index contributed by atoms with van der Waals surface area (Å²) in [4.78, 5) is 13.4. The molecule has 2 heterocycles.